The largest absolute Gasteiger partial charge is 0.480 e. The van der Waals surface area contributed by atoms with Gasteiger partial charge in [-0.25, -0.2) is 4.57 Å². The van der Waals surface area contributed by atoms with Gasteiger partial charge in [0.15, 0.2) is 6.10 Å². The number of nitrogens with zero attached hydrogens (tertiary/aromatic N) is 3. The fourth-order valence-electron chi connectivity index (χ4n) is 3.83. The number of phosphoric ester groups is 1. The molecule has 3 atom stereocenters. The number of hydrogen-bond donors (Lipinski definition) is 6. The van der Waals surface area contributed by atoms with E-state index in [1.165, 1.54) is 0 Å². The first-order valence-corrected chi connectivity index (χ1v) is 15.6. The van der Waals surface area contributed by atoms with Crippen molar-refractivity contribution in [2.24, 2.45) is 0 Å². The van der Waals surface area contributed by atoms with Gasteiger partial charge >= 0.3 is 55.6 Å². The maximum Gasteiger partial charge on any atom is 0.472 e. The van der Waals surface area contributed by atoms with Crippen LogP contribution in [0.1, 0.15) is 20.3 Å². The molecule has 2 unspecified atom stereocenters. The molecule has 24 heteroatoms. The molecule has 0 saturated heterocycles. The molecule has 6 N–H and O–H groups in total. The monoisotopic (exact) mass is 733 g/mol. The molecule has 0 aromatic heterocycles. The van der Waals surface area contributed by atoms with Gasteiger partial charge in [0.2, 0.25) is 0 Å². The van der Waals surface area contributed by atoms with Crippen LogP contribution in [0.25, 0.3) is 0 Å². The smallest absolute Gasteiger partial charge is 0.472 e. The summed E-state index contributed by atoms with van der Waals surface area (Å²) in [7, 11) is -4.84. The highest BCUT2D eigenvalue weighted by molar-refractivity contribution is 7.47. The summed E-state index contributed by atoms with van der Waals surface area (Å²) in [4.78, 5) is 104. The highest BCUT2D eigenvalue weighted by Gasteiger charge is 2.31. The molecular formula is C25H40N3O20P. The van der Waals surface area contributed by atoms with Gasteiger partial charge in [0.25, 0.3) is 0 Å². The Bertz CT molecular complexity index is 1140. The van der Waals surface area contributed by atoms with Crippen molar-refractivity contribution in [2.75, 3.05) is 78.8 Å². The molecule has 0 amide bonds. The Balaban J connectivity index is 5.52. The van der Waals surface area contributed by atoms with E-state index in [1.807, 2.05) is 0 Å². The van der Waals surface area contributed by atoms with Crippen LogP contribution in [0.4, 0.5) is 0 Å². The van der Waals surface area contributed by atoms with Crippen LogP contribution in [0.15, 0.2) is 0 Å². The van der Waals surface area contributed by atoms with Crippen molar-refractivity contribution in [1.29, 1.82) is 0 Å². The molecule has 0 spiro atoms. The number of rotatable bonds is 28. The van der Waals surface area contributed by atoms with Crippen molar-refractivity contribution in [3.05, 3.63) is 0 Å². The zero-order valence-electron chi connectivity index (χ0n) is 26.5. The maximum atomic E-state index is 12.5. The Kier molecular flexibility index (Phi) is 21.2. The molecule has 0 aliphatic rings. The Hall–Kier alpha value is -4.25. The summed E-state index contributed by atoms with van der Waals surface area (Å²) in [6.07, 6.45) is -2.15. The summed E-state index contributed by atoms with van der Waals surface area (Å²) in [5, 5.41) is 46.3. The van der Waals surface area contributed by atoms with E-state index in [0.717, 1.165) is 28.5 Å². The lowest BCUT2D eigenvalue weighted by Crippen LogP contribution is -2.50. The van der Waals surface area contributed by atoms with E-state index >= 15 is 0 Å². The van der Waals surface area contributed by atoms with Crippen molar-refractivity contribution in [1.82, 2.24) is 14.7 Å². The van der Waals surface area contributed by atoms with Crippen LogP contribution in [0, 0.1) is 0 Å². The maximum absolute atomic E-state index is 12.5. The van der Waals surface area contributed by atoms with Gasteiger partial charge in [0, 0.05) is 40.0 Å². The van der Waals surface area contributed by atoms with Crippen molar-refractivity contribution in [2.45, 2.75) is 32.4 Å². The highest BCUT2D eigenvalue weighted by Crippen LogP contribution is 2.43. The Labute approximate surface area is 278 Å². The molecule has 0 heterocycles. The molecular weight excluding hydrogens is 693 g/mol. The number of ether oxygens (including phenoxy) is 3. The minimum absolute atomic E-state index is 0.353. The second kappa shape index (κ2) is 23.2. The minimum Gasteiger partial charge on any atom is -0.480 e. The van der Waals surface area contributed by atoms with Crippen molar-refractivity contribution in [3.8, 4) is 0 Å². The first-order valence-electron chi connectivity index (χ1n) is 14.1. The topological polar surface area (TPSA) is 331 Å². The van der Waals surface area contributed by atoms with Gasteiger partial charge in [0.1, 0.15) is 19.3 Å². The number of aliphatic carboxylic acids is 5. The quantitative estimate of drug-likeness (QED) is 0.0205. The zero-order valence-corrected chi connectivity index (χ0v) is 27.4. The van der Waals surface area contributed by atoms with E-state index in [2.05, 4.69) is 13.8 Å². The van der Waals surface area contributed by atoms with Crippen molar-refractivity contribution in [3.63, 3.8) is 0 Å². The summed E-state index contributed by atoms with van der Waals surface area (Å²) < 4.78 is 35.8. The zero-order chi connectivity index (χ0) is 37.7. The Morgan fingerprint density at radius 1 is 0.633 bits per heavy atom. The van der Waals surface area contributed by atoms with Crippen LogP contribution < -0.4 is 0 Å². The van der Waals surface area contributed by atoms with Crippen molar-refractivity contribution >= 4 is 55.6 Å². The Morgan fingerprint density at radius 2 is 1.10 bits per heavy atom. The summed E-state index contributed by atoms with van der Waals surface area (Å²) in [6.45, 7) is -5.04. The lowest BCUT2D eigenvalue weighted by Gasteiger charge is -2.32. The van der Waals surface area contributed by atoms with E-state index in [-0.39, 0.29) is 26.2 Å². The minimum atomic E-state index is -4.84. The second-order valence-corrected chi connectivity index (χ2v) is 11.4. The third-order valence-corrected chi connectivity index (χ3v) is 6.74. The average Bonchev–Trinajstić information content (AvgIpc) is 2.94. The molecule has 0 rings (SSSR count). The first-order chi connectivity index (χ1) is 22.7. The van der Waals surface area contributed by atoms with E-state index in [0.29, 0.717) is 0 Å². The van der Waals surface area contributed by atoms with Gasteiger partial charge in [-0.2, -0.15) is 0 Å². The lowest BCUT2D eigenvalue weighted by atomic mass is 10.1. The number of carbonyl (C=O) groups excluding carboxylic acids is 3. The number of esters is 3. The normalized spacial score (nSPS) is 13.7. The summed E-state index contributed by atoms with van der Waals surface area (Å²) in [5.41, 5.74) is 0. The molecule has 0 aliphatic carbocycles. The van der Waals surface area contributed by atoms with E-state index < -0.39 is 127 Å². The van der Waals surface area contributed by atoms with Gasteiger partial charge in [-0.1, -0.05) is 0 Å². The third kappa shape index (κ3) is 23.7. The summed E-state index contributed by atoms with van der Waals surface area (Å²) in [5.74, 6) is -9.91. The Morgan fingerprint density at radius 3 is 1.49 bits per heavy atom. The predicted octanol–water partition coefficient (Wildman–Crippen LogP) is -2.75. The van der Waals surface area contributed by atoms with Gasteiger partial charge in [0.05, 0.1) is 45.8 Å². The molecule has 0 aromatic carbocycles. The molecule has 49 heavy (non-hydrogen) atoms. The molecule has 0 radical (unpaired) electrons. The highest BCUT2D eigenvalue weighted by atomic mass is 31.2. The van der Waals surface area contributed by atoms with Crippen LogP contribution >= 0.6 is 7.82 Å². The summed E-state index contributed by atoms with van der Waals surface area (Å²) in [6, 6.07) is -1.73. The molecule has 0 bridgehead atoms. The number of phosphoric acid groups is 1. The number of carboxylic acids is 5. The van der Waals surface area contributed by atoms with E-state index in [4.69, 9.17) is 29.9 Å². The lowest BCUT2D eigenvalue weighted by molar-refractivity contribution is -0.158. The number of hydrogen-bond acceptors (Lipinski definition) is 17. The van der Waals surface area contributed by atoms with Crippen LogP contribution in [0.5, 0.6) is 0 Å². The van der Waals surface area contributed by atoms with Gasteiger partial charge in [-0.05, 0) is 0 Å². The third-order valence-electron chi connectivity index (χ3n) is 5.76. The van der Waals surface area contributed by atoms with Crippen LogP contribution in [0.2, 0.25) is 0 Å². The molecule has 0 saturated carbocycles. The molecule has 0 aromatic rings. The molecule has 0 fully saturated rings. The van der Waals surface area contributed by atoms with Crippen LogP contribution in [-0.4, -0.2) is 184 Å². The summed E-state index contributed by atoms with van der Waals surface area (Å²) >= 11 is 0. The molecule has 280 valence electrons. The van der Waals surface area contributed by atoms with E-state index in [9.17, 15) is 52.9 Å². The van der Waals surface area contributed by atoms with Crippen LogP contribution in [-0.2, 0) is 66.2 Å². The number of carbonyl (C=O) groups is 8. The standard InChI is InChI=1S/C25H40N3O20P/c1-16(29)45-14-18(48-17(2)30)15-47-49(42,43)46-8-7-44-24(39)9-19(25(40)41)28(5-3-26(10-20(31)32)11-21(33)34)6-4-27(12-22(35)36)13-23(37)38/h18-19H,3-15H2,1-2H3,(H,31,32)(H,33,34)(H,35,36)(H,37,38)(H,40,41)(H,42,43)/t18-,19?/m1/s1. The van der Waals surface area contributed by atoms with Crippen molar-refractivity contribution < 1.29 is 96.6 Å². The van der Waals surface area contributed by atoms with Gasteiger partial charge in [-0.3, -0.25) is 62.1 Å². The second-order valence-electron chi connectivity index (χ2n) is 9.94. The molecule has 0 aliphatic heterocycles. The fourth-order valence-corrected chi connectivity index (χ4v) is 4.56. The van der Waals surface area contributed by atoms with Crippen LogP contribution in [0.3, 0.4) is 0 Å². The van der Waals surface area contributed by atoms with Gasteiger partial charge < -0.3 is 44.6 Å². The number of carboxylic acid groups (broad SMARTS) is 5. The molecule has 23 nitrogen and oxygen atoms in total. The van der Waals surface area contributed by atoms with E-state index in [1.54, 1.807) is 0 Å². The van der Waals surface area contributed by atoms with Gasteiger partial charge in [-0.15, -0.1) is 0 Å². The predicted molar refractivity (Wildman–Crippen MR) is 156 cm³/mol. The fraction of sp³-hybridized carbons (Fsp3) is 0.680. The average molecular weight is 734 g/mol. The SMILES string of the molecule is CC(=O)OC[C@H](COP(=O)(O)OCCOC(=O)CC(C(=O)O)N(CCN(CC(=O)O)CC(=O)O)CCN(CC(=O)O)CC(=O)O)OC(C)=O. The first kappa shape index (κ1) is 44.8.